The number of carboxylic acids is 1. The van der Waals surface area contributed by atoms with Gasteiger partial charge in [0.2, 0.25) is 0 Å². The van der Waals surface area contributed by atoms with Crippen molar-refractivity contribution in [2.24, 2.45) is 0 Å². The zero-order chi connectivity index (χ0) is 8.27. The predicted octanol–water partition coefficient (Wildman–Crippen LogP) is 0.992. The number of carboxylic acid groups (broad SMARTS) is 1. The Balaban J connectivity index is 2.28. The highest BCUT2D eigenvalue weighted by Crippen LogP contribution is 2.14. The number of hydrogen-bond acceptors (Lipinski definition) is 2. The van der Waals surface area contributed by atoms with Gasteiger partial charge in [0.25, 0.3) is 0 Å². The van der Waals surface area contributed by atoms with Crippen molar-refractivity contribution in [1.29, 1.82) is 0 Å². The molecule has 0 bridgehead atoms. The largest absolute Gasteiger partial charge is 0.481 e. The van der Waals surface area contributed by atoms with Crippen molar-refractivity contribution in [2.45, 2.75) is 44.7 Å². The van der Waals surface area contributed by atoms with Gasteiger partial charge < -0.3 is 10.4 Å². The number of aliphatic carboxylic acids is 1. The van der Waals surface area contributed by atoms with Gasteiger partial charge in [-0.2, -0.15) is 0 Å². The number of hydrogen-bond donors (Lipinski definition) is 2. The van der Waals surface area contributed by atoms with Gasteiger partial charge >= 0.3 is 5.97 Å². The molecule has 11 heavy (non-hydrogen) atoms. The molecule has 1 aliphatic heterocycles. The van der Waals surface area contributed by atoms with Gasteiger partial charge in [-0.3, -0.25) is 4.79 Å². The SMILES string of the molecule is C[C@H]1CCC[C@H](CC(=O)O)N1. The van der Waals surface area contributed by atoms with Crippen LogP contribution >= 0.6 is 0 Å². The maximum Gasteiger partial charge on any atom is 0.304 e. The second-order valence-corrected chi connectivity index (χ2v) is 3.29. The highest BCUT2D eigenvalue weighted by Gasteiger charge is 2.19. The molecule has 0 radical (unpaired) electrons. The average molecular weight is 157 g/mol. The van der Waals surface area contributed by atoms with E-state index in [4.69, 9.17) is 5.11 Å². The molecular weight excluding hydrogens is 142 g/mol. The van der Waals surface area contributed by atoms with Crippen LogP contribution in [0.2, 0.25) is 0 Å². The van der Waals surface area contributed by atoms with Crippen LogP contribution in [-0.2, 0) is 4.79 Å². The number of carbonyl (C=O) groups is 1. The van der Waals surface area contributed by atoms with Crippen LogP contribution in [0.5, 0.6) is 0 Å². The summed E-state index contributed by atoms with van der Waals surface area (Å²) in [6, 6.07) is 0.698. The van der Waals surface area contributed by atoms with Crippen molar-refractivity contribution >= 4 is 5.97 Å². The minimum Gasteiger partial charge on any atom is -0.481 e. The Kier molecular flexibility index (Phi) is 2.88. The van der Waals surface area contributed by atoms with E-state index in [-0.39, 0.29) is 12.5 Å². The van der Waals surface area contributed by atoms with E-state index in [9.17, 15) is 4.79 Å². The average Bonchev–Trinajstić information content (AvgIpc) is 1.85. The molecule has 0 amide bonds. The molecule has 0 saturated carbocycles. The lowest BCUT2D eigenvalue weighted by molar-refractivity contribution is -0.137. The van der Waals surface area contributed by atoms with Crippen molar-refractivity contribution in [1.82, 2.24) is 5.32 Å². The van der Waals surface area contributed by atoms with Gasteiger partial charge in [-0.05, 0) is 19.8 Å². The molecule has 0 spiro atoms. The fourth-order valence-corrected chi connectivity index (χ4v) is 1.61. The normalized spacial score (nSPS) is 31.7. The molecule has 0 aromatic carbocycles. The summed E-state index contributed by atoms with van der Waals surface area (Å²) in [4.78, 5) is 10.3. The third kappa shape index (κ3) is 2.89. The fourth-order valence-electron chi connectivity index (χ4n) is 1.61. The standard InChI is InChI=1S/C8H15NO2/c1-6-3-2-4-7(9-6)5-8(10)11/h6-7,9H,2-5H2,1H3,(H,10,11)/t6-,7+/m0/s1. The summed E-state index contributed by atoms with van der Waals surface area (Å²) in [5.74, 6) is -0.698. The maximum absolute atomic E-state index is 10.3. The Labute approximate surface area is 66.8 Å². The first kappa shape index (κ1) is 8.53. The van der Waals surface area contributed by atoms with Gasteiger partial charge in [0.05, 0.1) is 6.42 Å². The quantitative estimate of drug-likeness (QED) is 0.628. The van der Waals surface area contributed by atoms with E-state index in [1.54, 1.807) is 0 Å². The van der Waals surface area contributed by atoms with E-state index in [2.05, 4.69) is 12.2 Å². The first-order valence-electron chi connectivity index (χ1n) is 4.16. The van der Waals surface area contributed by atoms with Gasteiger partial charge in [0.15, 0.2) is 0 Å². The lowest BCUT2D eigenvalue weighted by Gasteiger charge is -2.27. The molecule has 2 atom stereocenters. The van der Waals surface area contributed by atoms with Crippen molar-refractivity contribution < 1.29 is 9.90 Å². The lowest BCUT2D eigenvalue weighted by atomic mass is 9.98. The highest BCUT2D eigenvalue weighted by atomic mass is 16.4. The predicted molar refractivity (Wildman–Crippen MR) is 42.5 cm³/mol. The monoisotopic (exact) mass is 157 g/mol. The van der Waals surface area contributed by atoms with Gasteiger partial charge in [-0.25, -0.2) is 0 Å². The first-order valence-corrected chi connectivity index (χ1v) is 4.16. The van der Waals surface area contributed by atoms with Crippen LogP contribution in [0.4, 0.5) is 0 Å². The molecule has 0 aromatic heterocycles. The van der Waals surface area contributed by atoms with Gasteiger partial charge in [-0.1, -0.05) is 6.42 Å². The van der Waals surface area contributed by atoms with Crippen LogP contribution in [0.15, 0.2) is 0 Å². The summed E-state index contributed by atoms with van der Waals surface area (Å²) in [6.45, 7) is 2.11. The third-order valence-corrected chi connectivity index (χ3v) is 2.13. The molecule has 64 valence electrons. The minimum atomic E-state index is -0.698. The van der Waals surface area contributed by atoms with Crippen LogP contribution in [0, 0.1) is 0 Å². The van der Waals surface area contributed by atoms with E-state index >= 15 is 0 Å². The molecule has 1 rings (SSSR count). The van der Waals surface area contributed by atoms with E-state index in [0.717, 1.165) is 12.8 Å². The highest BCUT2D eigenvalue weighted by molar-refractivity contribution is 5.67. The molecule has 0 aromatic rings. The summed E-state index contributed by atoms with van der Waals surface area (Å²) in [5, 5.41) is 11.8. The molecule has 2 N–H and O–H groups in total. The first-order chi connectivity index (χ1) is 5.18. The molecule has 0 aliphatic carbocycles. The van der Waals surface area contributed by atoms with Crippen molar-refractivity contribution in [2.75, 3.05) is 0 Å². The molecular formula is C8H15NO2. The number of rotatable bonds is 2. The fraction of sp³-hybridized carbons (Fsp3) is 0.875. The van der Waals surface area contributed by atoms with E-state index in [0.29, 0.717) is 6.04 Å². The van der Waals surface area contributed by atoms with Crippen LogP contribution in [0.3, 0.4) is 0 Å². The minimum absolute atomic E-state index is 0.205. The van der Waals surface area contributed by atoms with Crippen LogP contribution < -0.4 is 5.32 Å². The van der Waals surface area contributed by atoms with E-state index < -0.39 is 5.97 Å². The zero-order valence-electron chi connectivity index (χ0n) is 6.84. The maximum atomic E-state index is 10.3. The Hall–Kier alpha value is -0.570. The van der Waals surface area contributed by atoms with Crippen molar-refractivity contribution in [3.8, 4) is 0 Å². The van der Waals surface area contributed by atoms with Crippen LogP contribution in [-0.4, -0.2) is 23.2 Å². The van der Waals surface area contributed by atoms with E-state index in [1.807, 2.05) is 0 Å². The summed E-state index contributed by atoms with van der Waals surface area (Å²) >= 11 is 0. The zero-order valence-corrected chi connectivity index (χ0v) is 6.84. The topological polar surface area (TPSA) is 49.3 Å². The third-order valence-electron chi connectivity index (χ3n) is 2.13. The summed E-state index contributed by atoms with van der Waals surface area (Å²) in [5.41, 5.74) is 0. The molecule has 1 saturated heterocycles. The van der Waals surface area contributed by atoms with E-state index in [1.165, 1.54) is 6.42 Å². The second-order valence-electron chi connectivity index (χ2n) is 3.29. The summed E-state index contributed by atoms with van der Waals surface area (Å²) < 4.78 is 0. The Morgan fingerprint density at radius 2 is 2.36 bits per heavy atom. The molecule has 3 heteroatoms. The Bertz CT molecular complexity index is 147. The number of nitrogens with one attached hydrogen (secondary N) is 1. The van der Waals surface area contributed by atoms with Gasteiger partial charge in [0.1, 0.15) is 0 Å². The van der Waals surface area contributed by atoms with Crippen molar-refractivity contribution in [3.05, 3.63) is 0 Å². The Morgan fingerprint density at radius 1 is 1.64 bits per heavy atom. The smallest absolute Gasteiger partial charge is 0.304 e. The van der Waals surface area contributed by atoms with Crippen LogP contribution in [0.1, 0.15) is 32.6 Å². The number of piperidine rings is 1. The lowest BCUT2D eigenvalue weighted by Crippen LogP contribution is -2.41. The second kappa shape index (κ2) is 3.72. The van der Waals surface area contributed by atoms with Crippen LogP contribution in [0.25, 0.3) is 0 Å². The summed E-state index contributed by atoms with van der Waals surface area (Å²) in [7, 11) is 0. The Morgan fingerprint density at radius 3 is 2.91 bits per heavy atom. The molecule has 1 aliphatic rings. The van der Waals surface area contributed by atoms with Gasteiger partial charge in [-0.15, -0.1) is 0 Å². The molecule has 3 nitrogen and oxygen atoms in total. The van der Waals surface area contributed by atoms with Gasteiger partial charge in [0, 0.05) is 12.1 Å². The summed E-state index contributed by atoms with van der Waals surface area (Å²) in [6.07, 6.45) is 3.61. The van der Waals surface area contributed by atoms with Crippen molar-refractivity contribution in [3.63, 3.8) is 0 Å². The molecule has 0 unspecified atom stereocenters. The molecule has 1 fully saturated rings. The molecule has 1 heterocycles.